The standard InChI is InChI=1S/C35H37F5N8O5S/c1-3-53-34(50)47-54(2,51)25-7-4-6-24(20-25)43-32-42-21-26(31(46-32)41-12-5-13-48-14-16-52-17-15-48)22-8-11-29(28(37)18-22)44-33(49)45-30-19-23(35(38,39)40)9-10-27(30)36/h4,6-11,18-21H,2-3,5,12-17H2,1H3,(H2,44,45,49)(H,47,50,51)(H2,41,42,43,46). The van der Waals surface area contributed by atoms with Crippen molar-refractivity contribution in [2.75, 3.05) is 67.3 Å². The molecule has 5 rings (SSSR count). The minimum Gasteiger partial charge on any atom is -0.449 e. The van der Waals surface area contributed by atoms with E-state index in [0.29, 0.717) is 60.6 Å². The van der Waals surface area contributed by atoms with E-state index in [1.165, 1.54) is 30.5 Å². The minimum atomic E-state index is -4.77. The van der Waals surface area contributed by atoms with Crippen molar-refractivity contribution in [2.24, 2.45) is 0 Å². The summed E-state index contributed by atoms with van der Waals surface area (Å²) in [7, 11) is -3.26. The zero-order valence-corrected chi connectivity index (χ0v) is 29.7. The number of rotatable bonds is 13. The Balaban J connectivity index is 1.35. The minimum absolute atomic E-state index is 0.0827. The lowest BCUT2D eigenvalue weighted by atomic mass is 10.1. The average Bonchev–Trinajstić information content (AvgIpc) is 3.12. The van der Waals surface area contributed by atoms with Crippen LogP contribution in [0.5, 0.6) is 0 Å². The van der Waals surface area contributed by atoms with Gasteiger partial charge >= 0.3 is 18.3 Å². The summed E-state index contributed by atoms with van der Waals surface area (Å²) in [4.78, 5) is 35.9. The normalized spacial score (nSPS) is 14.4. The molecule has 0 radical (unpaired) electrons. The molecule has 1 aromatic heterocycles. The van der Waals surface area contributed by atoms with Crippen LogP contribution in [0, 0.1) is 11.6 Å². The second-order valence-electron chi connectivity index (χ2n) is 11.8. The maximum atomic E-state index is 15.4. The third-order valence-electron chi connectivity index (χ3n) is 7.90. The molecule has 13 nitrogen and oxygen atoms in total. The quantitative estimate of drug-likeness (QED) is 0.0562. The topological polar surface area (TPSA) is 159 Å². The van der Waals surface area contributed by atoms with Gasteiger partial charge in [0.25, 0.3) is 0 Å². The monoisotopic (exact) mass is 776 g/mol. The number of halogens is 5. The lowest BCUT2D eigenvalue weighted by Gasteiger charge is -2.26. The number of ether oxygens (including phenoxy) is 2. The first-order valence-corrected chi connectivity index (χ1v) is 18.3. The van der Waals surface area contributed by atoms with E-state index < -0.39 is 50.9 Å². The average molecular weight is 777 g/mol. The highest BCUT2D eigenvalue weighted by atomic mass is 32.2. The zero-order chi connectivity index (χ0) is 38.9. The fraction of sp³-hybridized carbons (Fsp3) is 0.286. The fourth-order valence-electron chi connectivity index (χ4n) is 5.24. The smallest absolute Gasteiger partial charge is 0.418 e. The molecule has 4 aromatic rings. The van der Waals surface area contributed by atoms with E-state index >= 15 is 4.39 Å². The molecule has 288 valence electrons. The lowest BCUT2D eigenvalue weighted by Crippen LogP contribution is -2.37. The molecule has 1 aliphatic rings. The van der Waals surface area contributed by atoms with Gasteiger partial charge in [-0.3, -0.25) is 4.90 Å². The van der Waals surface area contributed by atoms with E-state index in [4.69, 9.17) is 9.47 Å². The molecule has 1 fully saturated rings. The number of carbonyl (C=O) groups is 2. The van der Waals surface area contributed by atoms with Crippen molar-refractivity contribution in [3.8, 4) is 11.1 Å². The summed E-state index contributed by atoms with van der Waals surface area (Å²) >= 11 is 0. The van der Waals surface area contributed by atoms with Crippen molar-refractivity contribution >= 4 is 56.5 Å². The Morgan fingerprint density at radius 2 is 1.76 bits per heavy atom. The zero-order valence-electron chi connectivity index (χ0n) is 28.9. The van der Waals surface area contributed by atoms with Crippen LogP contribution in [0.4, 0.5) is 60.4 Å². The Morgan fingerprint density at radius 1 is 1.00 bits per heavy atom. The molecule has 0 spiro atoms. The Morgan fingerprint density at radius 3 is 2.48 bits per heavy atom. The number of hydrogen-bond acceptors (Lipinski definition) is 10. The number of aromatic nitrogens is 2. The van der Waals surface area contributed by atoms with Crippen molar-refractivity contribution in [1.82, 2.24) is 19.6 Å². The van der Waals surface area contributed by atoms with Crippen molar-refractivity contribution in [1.29, 1.82) is 0 Å². The third-order valence-corrected chi connectivity index (χ3v) is 9.41. The van der Waals surface area contributed by atoms with Crippen molar-refractivity contribution in [2.45, 2.75) is 24.4 Å². The SMILES string of the molecule is C=S(=O)(NC(=O)OCC)c1cccc(Nc2ncc(-c3ccc(NC(=O)Nc4cc(C(F)(F)F)ccc4F)c(F)c3)c(NCCCN3CCOCC3)n2)c1. The molecule has 3 aromatic carbocycles. The maximum Gasteiger partial charge on any atom is 0.418 e. The van der Waals surface area contributed by atoms with Gasteiger partial charge < -0.3 is 30.7 Å². The number of nitrogens with zero attached hydrogens (tertiary/aromatic N) is 3. The van der Waals surface area contributed by atoms with Crippen LogP contribution in [0.25, 0.3) is 11.1 Å². The van der Waals surface area contributed by atoms with Crippen molar-refractivity contribution < 1.29 is 45.2 Å². The molecular weight excluding hydrogens is 739 g/mol. The van der Waals surface area contributed by atoms with E-state index in [-0.39, 0.29) is 23.1 Å². The summed E-state index contributed by atoms with van der Waals surface area (Å²) in [6.07, 6.45) is -3.47. The molecule has 2 heterocycles. The van der Waals surface area contributed by atoms with Gasteiger partial charge in [-0.25, -0.2) is 32.3 Å². The Labute approximate surface area is 307 Å². The predicted molar refractivity (Wildman–Crippen MR) is 195 cm³/mol. The highest BCUT2D eigenvalue weighted by Crippen LogP contribution is 2.33. The fourth-order valence-corrected chi connectivity index (χ4v) is 6.30. The molecule has 5 N–H and O–H groups in total. The summed E-state index contributed by atoms with van der Waals surface area (Å²) in [5.74, 6) is 2.07. The van der Waals surface area contributed by atoms with Gasteiger partial charge in [-0.2, -0.15) is 18.2 Å². The van der Waals surface area contributed by atoms with Crippen LogP contribution < -0.4 is 26.0 Å². The van der Waals surface area contributed by atoms with Crippen LogP contribution in [-0.4, -0.2) is 83.1 Å². The number of carbonyl (C=O) groups excluding carboxylic acids is 2. The Bertz CT molecular complexity index is 2080. The molecule has 0 saturated carbocycles. The second kappa shape index (κ2) is 17.5. The molecule has 19 heteroatoms. The van der Waals surface area contributed by atoms with E-state index in [1.54, 1.807) is 19.1 Å². The number of morpholine rings is 1. The molecule has 0 aliphatic carbocycles. The molecule has 54 heavy (non-hydrogen) atoms. The van der Waals surface area contributed by atoms with E-state index in [0.717, 1.165) is 32.1 Å². The van der Waals surface area contributed by atoms with Crippen LogP contribution in [0.3, 0.4) is 0 Å². The van der Waals surface area contributed by atoms with Gasteiger partial charge in [-0.15, -0.1) is 0 Å². The molecule has 1 saturated heterocycles. The van der Waals surface area contributed by atoms with E-state index in [9.17, 15) is 31.4 Å². The molecular formula is C35H37F5N8O5S. The first-order chi connectivity index (χ1) is 25.7. The first kappa shape index (κ1) is 39.7. The summed E-state index contributed by atoms with van der Waals surface area (Å²) < 4.78 is 94.4. The largest absolute Gasteiger partial charge is 0.449 e. The maximum absolute atomic E-state index is 15.4. The summed E-state index contributed by atoms with van der Waals surface area (Å²) in [5, 5.41) is 10.5. The summed E-state index contributed by atoms with van der Waals surface area (Å²) in [6.45, 7) is 5.90. The van der Waals surface area contributed by atoms with Gasteiger partial charge in [-0.05, 0) is 79.9 Å². The first-order valence-electron chi connectivity index (χ1n) is 16.6. The van der Waals surface area contributed by atoms with Crippen LogP contribution in [0.15, 0.2) is 71.8 Å². The van der Waals surface area contributed by atoms with Gasteiger partial charge in [0.15, 0.2) is 0 Å². The van der Waals surface area contributed by atoms with Crippen LogP contribution in [0.1, 0.15) is 18.9 Å². The lowest BCUT2D eigenvalue weighted by molar-refractivity contribution is -0.137. The molecule has 1 atom stereocenters. The Kier molecular flexibility index (Phi) is 12.9. The van der Waals surface area contributed by atoms with Gasteiger partial charge in [0.05, 0.1) is 51.4 Å². The van der Waals surface area contributed by atoms with Crippen LogP contribution in [0.2, 0.25) is 0 Å². The highest BCUT2D eigenvalue weighted by molar-refractivity contribution is 7.99. The van der Waals surface area contributed by atoms with E-state index in [1.807, 2.05) is 5.32 Å². The van der Waals surface area contributed by atoms with Crippen molar-refractivity contribution in [3.05, 3.63) is 84.1 Å². The number of hydrogen-bond donors (Lipinski definition) is 5. The van der Waals surface area contributed by atoms with Gasteiger partial charge in [0.2, 0.25) is 5.95 Å². The molecule has 1 aliphatic heterocycles. The number of urea groups is 1. The molecule has 3 amide bonds. The van der Waals surface area contributed by atoms with Gasteiger partial charge in [-0.1, -0.05) is 12.1 Å². The van der Waals surface area contributed by atoms with Gasteiger partial charge in [0, 0.05) is 37.1 Å². The highest BCUT2D eigenvalue weighted by Gasteiger charge is 2.31. The Hall–Kier alpha value is -5.53. The van der Waals surface area contributed by atoms with Crippen molar-refractivity contribution in [3.63, 3.8) is 0 Å². The third kappa shape index (κ3) is 10.8. The number of alkyl halides is 3. The number of nitrogens with one attached hydrogen (secondary N) is 5. The van der Waals surface area contributed by atoms with Gasteiger partial charge in [0.1, 0.15) is 17.5 Å². The summed E-state index contributed by atoms with van der Waals surface area (Å²) in [6, 6.07) is 10.5. The predicted octanol–water partition coefficient (Wildman–Crippen LogP) is 6.70. The molecule has 0 bridgehead atoms. The number of benzene rings is 3. The summed E-state index contributed by atoms with van der Waals surface area (Å²) in [5.41, 5.74) is -1.12. The molecule has 1 unspecified atom stereocenters. The number of amides is 3. The van der Waals surface area contributed by atoms with Crippen LogP contribution >= 0.6 is 0 Å². The number of anilines is 5. The second-order valence-corrected chi connectivity index (χ2v) is 13.8. The van der Waals surface area contributed by atoms with Crippen LogP contribution in [-0.2, 0) is 25.4 Å². The van der Waals surface area contributed by atoms with E-state index in [2.05, 4.69) is 41.4 Å².